The number of methoxy groups -OCH3 is 1. The molecule has 0 aliphatic heterocycles. The number of nitrogens with zero attached hydrogens (tertiary/aromatic N) is 2. The van der Waals surface area contributed by atoms with Crippen molar-refractivity contribution < 1.29 is 9.15 Å². The molecule has 1 unspecified atom stereocenters. The van der Waals surface area contributed by atoms with Crippen molar-refractivity contribution in [3.8, 4) is 0 Å². The quantitative estimate of drug-likeness (QED) is 0.733. The van der Waals surface area contributed by atoms with E-state index in [0.717, 1.165) is 31.7 Å². The summed E-state index contributed by atoms with van der Waals surface area (Å²) in [6.07, 6.45) is 2.61. The maximum Gasteiger partial charge on any atom is 0.216 e. The van der Waals surface area contributed by atoms with E-state index in [0.29, 0.717) is 18.4 Å². The van der Waals surface area contributed by atoms with Gasteiger partial charge in [-0.25, -0.2) is 0 Å². The van der Waals surface area contributed by atoms with E-state index in [2.05, 4.69) is 43.2 Å². The molecule has 0 saturated carbocycles. The molecular formula is C14H27N3O2. The maximum atomic E-state index is 5.63. The summed E-state index contributed by atoms with van der Waals surface area (Å²) in [4.78, 5) is 0. The number of aryl methyl sites for hydroxylation is 1. The SMILES string of the molecule is COCC(C)Cc1nnc(CCCNC(C)(C)C)o1. The Balaban J connectivity index is 2.27. The van der Waals surface area contributed by atoms with Crippen LogP contribution in [-0.2, 0) is 17.6 Å². The average Bonchev–Trinajstić information content (AvgIpc) is 2.71. The molecular weight excluding hydrogens is 242 g/mol. The molecule has 1 aromatic rings. The third-order valence-corrected chi connectivity index (χ3v) is 2.71. The molecule has 5 nitrogen and oxygen atoms in total. The molecule has 1 atom stereocenters. The third kappa shape index (κ3) is 7.28. The Morgan fingerprint density at radius 3 is 2.58 bits per heavy atom. The van der Waals surface area contributed by atoms with Crippen LogP contribution >= 0.6 is 0 Å². The molecule has 110 valence electrons. The van der Waals surface area contributed by atoms with Crippen LogP contribution in [-0.4, -0.2) is 36.0 Å². The average molecular weight is 269 g/mol. The van der Waals surface area contributed by atoms with Gasteiger partial charge in [-0.05, 0) is 39.7 Å². The smallest absolute Gasteiger partial charge is 0.216 e. The zero-order valence-corrected chi connectivity index (χ0v) is 12.8. The van der Waals surface area contributed by atoms with Crippen LogP contribution in [0.4, 0.5) is 0 Å². The van der Waals surface area contributed by atoms with E-state index in [9.17, 15) is 0 Å². The van der Waals surface area contributed by atoms with E-state index in [1.807, 2.05) is 0 Å². The van der Waals surface area contributed by atoms with Crippen molar-refractivity contribution in [1.29, 1.82) is 0 Å². The maximum absolute atomic E-state index is 5.63. The fourth-order valence-electron chi connectivity index (χ4n) is 1.82. The molecule has 0 saturated heterocycles. The minimum atomic E-state index is 0.162. The Morgan fingerprint density at radius 1 is 1.26 bits per heavy atom. The molecule has 0 aromatic carbocycles. The summed E-state index contributed by atoms with van der Waals surface area (Å²) < 4.78 is 10.7. The molecule has 1 aromatic heterocycles. The van der Waals surface area contributed by atoms with Crippen molar-refractivity contribution >= 4 is 0 Å². The minimum absolute atomic E-state index is 0.162. The van der Waals surface area contributed by atoms with Crippen molar-refractivity contribution in [3.63, 3.8) is 0 Å². The highest BCUT2D eigenvalue weighted by atomic mass is 16.5. The number of hydrogen-bond acceptors (Lipinski definition) is 5. The lowest BCUT2D eigenvalue weighted by molar-refractivity contribution is 0.156. The molecule has 1 N–H and O–H groups in total. The summed E-state index contributed by atoms with van der Waals surface area (Å²) in [5.74, 6) is 1.85. The van der Waals surface area contributed by atoms with Gasteiger partial charge < -0.3 is 14.5 Å². The fourth-order valence-corrected chi connectivity index (χ4v) is 1.82. The van der Waals surface area contributed by atoms with Gasteiger partial charge in [0.05, 0.1) is 0 Å². The number of hydrogen-bond donors (Lipinski definition) is 1. The molecule has 0 bridgehead atoms. The highest BCUT2D eigenvalue weighted by Gasteiger charge is 2.11. The van der Waals surface area contributed by atoms with Crippen LogP contribution in [0.5, 0.6) is 0 Å². The highest BCUT2D eigenvalue weighted by Crippen LogP contribution is 2.09. The number of rotatable bonds is 8. The second-order valence-corrected chi connectivity index (χ2v) is 6.13. The summed E-state index contributed by atoms with van der Waals surface area (Å²) in [6, 6.07) is 0. The second kappa shape index (κ2) is 7.60. The molecule has 19 heavy (non-hydrogen) atoms. The molecule has 0 fully saturated rings. The summed E-state index contributed by atoms with van der Waals surface area (Å²) in [6.45, 7) is 10.3. The molecule has 1 heterocycles. The summed E-state index contributed by atoms with van der Waals surface area (Å²) >= 11 is 0. The van der Waals surface area contributed by atoms with Gasteiger partial charge in [0.2, 0.25) is 11.8 Å². The van der Waals surface area contributed by atoms with Crippen molar-refractivity contribution in [2.24, 2.45) is 5.92 Å². The number of aromatic nitrogens is 2. The van der Waals surface area contributed by atoms with Gasteiger partial charge in [-0.2, -0.15) is 0 Å². The first kappa shape index (κ1) is 16.1. The predicted molar refractivity (Wildman–Crippen MR) is 75.1 cm³/mol. The first-order chi connectivity index (χ1) is 8.90. The number of nitrogens with one attached hydrogen (secondary N) is 1. The van der Waals surface area contributed by atoms with Crippen molar-refractivity contribution in [2.45, 2.75) is 52.5 Å². The first-order valence-electron chi connectivity index (χ1n) is 6.96. The van der Waals surface area contributed by atoms with Gasteiger partial charge in [0.15, 0.2) is 0 Å². The van der Waals surface area contributed by atoms with Crippen LogP contribution < -0.4 is 5.32 Å². The Hall–Kier alpha value is -0.940. The van der Waals surface area contributed by atoms with Gasteiger partial charge >= 0.3 is 0 Å². The van der Waals surface area contributed by atoms with Gasteiger partial charge in [0.1, 0.15) is 0 Å². The third-order valence-electron chi connectivity index (χ3n) is 2.71. The van der Waals surface area contributed by atoms with E-state index in [1.165, 1.54) is 0 Å². The molecule has 0 radical (unpaired) electrons. The van der Waals surface area contributed by atoms with Crippen LogP contribution in [0.15, 0.2) is 4.42 Å². The van der Waals surface area contributed by atoms with E-state index < -0.39 is 0 Å². The Bertz CT molecular complexity index is 358. The molecule has 0 aliphatic carbocycles. The lowest BCUT2D eigenvalue weighted by Gasteiger charge is -2.19. The van der Waals surface area contributed by atoms with Crippen LogP contribution in [0, 0.1) is 5.92 Å². The molecule has 0 aliphatic rings. The molecule has 0 amide bonds. The summed E-state index contributed by atoms with van der Waals surface area (Å²) in [7, 11) is 1.71. The predicted octanol–water partition coefficient (Wildman–Crippen LogP) is 2.22. The summed E-state index contributed by atoms with van der Waals surface area (Å²) in [5, 5.41) is 11.6. The zero-order valence-electron chi connectivity index (χ0n) is 12.8. The van der Waals surface area contributed by atoms with Gasteiger partial charge in [-0.1, -0.05) is 6.92 Å². The van der Waals surface area contributed by atoms with Crippen molar-refractivity contribution in [3.05, 3.63) is 11.8 Å². The number of ether oxygens (including phenoxy) is 1. The van der Waals surface area contributed by atoms with Gasteiger partial charge in [0, 0.05) is 32.1 Å². The lowest BCUT2D eigenvalue weighted by atomic mass is 10.1. The van der Waals surface area contributed by atoms with Crippen molar-refractivity contribution in [1.82, 2.24) is 15.5 Å². The second-order valence-electron chi connectivity index (χ2n) is 6.13. The molecule has 0 spiro atoms. The van der Waals surface area contributed by atoms with Gasteiger partial charge in [-0.15, -0.1) is 10.2 Å². The monoisotopic (exact) mass is 269 g/mol. The van der Waals surface area contributed by atoms with Crippen LogP contribution in [0.25, 0.3) is 0 Å². The largest absolute Gasteiger partial charge is 0.425 e. The Labute approximate surface area is 116 Å². The van der Waals surface area contributed by atoms with E-state index in [-0.39, 0.29) is 5.54 Å². The zero-order chi connectivity index (χ0) is 14.3. The normalized spacial score (nSPS) is 13.7. The van der Waals surface area contributed by atoms with Crippen LogP contribution in [0.2, 0.25) is 0 Å². The topological polar surface area (TPSA) is 60.2 Å². The van der Waals surface area contributed by atoms with E-state index >= 15 is 0 Å². The molecule has 1 rings (SSSR count). The highest BCUT2D eigenvalue weighted by molar-refractivity contribution is 4.84. The van der Waals surface area contributed by atoms with Crippen LogP contribution in [0.1, 0.15) is 45.9 Å². The summed E-state index contributed by atoms with van der Waals surface area (Å²) in [5.41, 5.74) is 0.162. The van der Waals surface area contributed by atoms with Gasteiger partial charge in [0.25, 0.3) is 0 Å². The lowest BCUT2D eigenvalue weighted by Crippen LogP contribution is -2.36. The van der Waals surface area contributed by atoms with E-state index in [1.54, 1.807) is 7.11 Å². The Morgan fingerprint density at radius 2 is 1.95 bits per heavy atom. The Kier molecular flexibility index (Phi) is 6.45. The van der Waals surface area contributed by atoms with Crippen LogP contribution in [0.3, 0.4) is 0 Å². The molecule has 5 heteroatoms. The van der Waals surface area contributed by atoms with E-state index in [4.69, 9.17) is 9.15 Å². The fraction of sp³-hybridized carbons (Fsp3) is 0.857. The van der Waals surface area contributed by atoms with Crippen molar-refractivity contribution in [2.75, 3.05) is 20.3 Å². The standard InChI is InChI=1S/C14H27N3O2/c1-11(10-18-5)9-13-17-16-12(19-13)7-6-8-15-14(2,3)4/h11,15H,6-10H2,1-5H3. The minimum Gasteiger partial charge on any atom is -0.425 e. The first-order valence-corrected chi connectivity index (χ1v) is 6.96. The van der Waals surface area contributed by atoms with Gasteiger partial charge in [-0.3, -0.25) is 0 Å².